The van der Waals surface area contributed by atoms with Crippen LogP contribution in [0.5, 0.6) is 5.75 Å². The van der Waals surface area contributed by atoms with Crippen LogP contribution in [0.2, 0.25) is 0 Å². The fourth-order valence-electron chi connectivity index (χ4n) is 2.07. The van der Waals surface area contributed by atoms with Crippen molar-refractivity contribution in [3.8, 4) is 5.75 Å². The fraction of sp³-hybridized carbons (Fsp3) is 0.235. The maximum atomic E-state index is 11.7. The maximum absolute atomic E-state index is 11.7. The fourth-order valence-corrected chi connectivity index (χ4v) is 2.07. The van der Waals surface area contributed by atoms with E-state index in [2.05, 4.69) is 10.6 Å². The number of benzene rings is 2. The third kappa shape index (κ3) is 5.47. The number of hydrogen-bond acceptors (Lipinski definition) is 5. The van der Waals surface area contributed by atoms with Crippen LogP contribution in [0.25, 0.3) is 10.8 Å². The van der Waals surface area contributed by atoms with E-state index in [-0.39, 0.29) is 6.61 Å². The first-order valence-electron chi connectivity index (χ1n) is 7.51. The molecule has 2 aromatic carbocycles. The standard InChI is InChI=1S/C17H18N2O6/c20-9-14(17(23)24)19-15(21)8-18-16(22)10-25-13-6-5-11-3-1-2-4-12(11)7-13/h1-7,14,20H,8-10H2,(H,18,22)(H,19,21)(H,23,24)/t14-/m0/s1. The van der Waals surface area contributed by atoms with Crippen molar-refractivity contribution in [1.29, 1.82) is 0 Å². The molecule has 2 amide bonds. The van der Waals surface area contributed by atoms with Crippen molar-refractivity contribution in [2.75, 3.05) is 19.8 Å². The summed E-state index contributed by atoms with van der Waals surface area (Å²) in [5.41, 5.74) is 0. The van der Waals surface area contributed by atoms with Gasteiger partial charge in [-0.3, -0.25) is 9.59 Å². The number of carbonyl (C=O) groups is 3. The van der Waals surface area contributed by atoms with E-state index in [4.69, 9.17) is 14.9 Å². The van der Waals surface area contributed by atoms with Crippen molar-refractivity contribution in [3.05, 3.63) is 42.5 Å². The number of nitrogens with one attached hydrogen (secondary N) is 2. The van der Waals surface area contributed by atoms with Gasteiger partial charge in [-0.05, 0) is 22.9 Å². The minimum absolute atomic E-state index is 0.284. The van der Waals surface area contributed by atoms with Gasteiger partial charge < -0.3 is 25.6 Å². The van der Waals surface area contributed by atoms with Gasteiger partial charge in [0.05, 0.1) is 13.2 Å². The zero-order valence-corrected chi connectivity index (χ0v) is 13.3. The molecule has 4 N–H and O–H groups in total. The Bertz CT molecular complexity index is 777. The zero-order chi connectivity index (χ0) is 18.2. The van der Waals surface area contributed by atoms with Crippen LogP contribution in [0.15, 0.2) is 42.5 Å². The minimum atomic E-state index is -1.40. The van der Waals surface area contributed by atoms with Gasteiger partial charge in [-0.2, -0.15) is 0 Å². The Balaban J connectivity index is 1.78. The number of carboxylic acid groups (broad SMARTS) is 1. The maximum Gasteiger partial charge on any atom is 0.328 e. The molecule has 2 rings (SSSR count). The van der Waals surface area contributed by atoms with E-state index in [0.717, 1.165) is 10.8 Å². The first-order chi connectivity index (χ1) is 12.0. The number of carbonyl (C=O) groups excluding carboxylic acids is 2. The second kappa shape index (κ2) is 8.65. The summed E-state index contributed by atoms with van der Waals surface area (Å²) in [6, 6.07) is 11.7. The van der Waals surface area contributed by atoms with Gasteiger partial charge in [-0.1, -0.05) is 30.3 Å². The lowest BCUT2D eigenvalue weighted by Crippen LogP contribution is -2.47. The molecule has 0 heterocycles. The number of carboxylic acids is 1. The molecule has 1 atom stereocenters. The minimum Gasteiger partial charge on any atom is -0.484 e. The molecule has 0 aliphatic heterocycles. The molecule has 0 spiro atoms. The summed E-state index contributed by atoms with van der Waals surface area (Å²) in [5, 5.41) is 23.9. The van der Waals surface area contributed by atoms with Crippen LogP contribution in [0, 0.1) is 0 Å². The Kier molecular flexibility index (Phi) is 6.30. The molecule has 0 saturated carbocycles. The Morgan fingerprint density at radius 1 is 1.04 bits per heavy atom. The molecule has 0 radical (unpaired) electrons. The zero-order valence-electron chi connectivity index (χ0n) is 13.3. The lowest BCUT2D eigenvalue weighted by Gasteiger charge is -2.12. The van der Waals surface area contributed by atoms with E-state index in [0.29, 0.717) is 5.75 Å². The highest BCUT2D eigenvalue weighted by atomic mass is 16.5. The number of aliphatic hydroxyl groups is 1. The number of rotatable bonds is 8. The van der Waals surface area contributed by atoms with E-state index in [9.17, 15) is 14.4 Å². The van der Waals surface area contributed by atoms with Crippen LogP contribution >= 0.6 is 0 Å². The monoisotopic (exact) mass is 346 g/mol. The number of amides is 2. The molecule has 8 nitrogen and oxygen atoms in total. The smallest absolute Gasteiger partial charge is 0.328 e. The first-order valence-corrected chi connectivity index (χ1v) is 7.51. The van der Waals surface area contributed by atoms with E-state index in [1.54, 1.807) is 12.1 Å². The Hall–Kier alpha value is -3.13. The Morgan fingerprint density at radius 2 is 1.76 bits per heavy atom. The van der Waals surface area contributed by atoms with Crippen molar-refractivity contribution >= 4 is 28.6 Å². The highest BCUT2D eigenvalue weighted by molar-refractivity contribution is 5.88. The summed E-state index contributed by atoms with van der Waals surface area (Å²) < 4.78 is 5.37. The number of aliphatic hydroxyl groups excluding tert-OH is 1. The van der Waals surface area contributed by atoms with Gasteiger partial charge in [0.2, 0.25) is 5.91 Å². The van der Waals surface area contributed by atoms with Crippen LogP contribution < -0.4 is 15.4 Å². The van der Waals surface area contributed by atoms with E-state index < -0.39 is 37.0 Å². The van der Waals surface area contributed by atoms with E-state index in [1.165, 1.54) is 0 Å². The molecule has 0 aliphatic rings. The molecular weight excluding hydrogens is 328 g/mol. The highest BCUT2D eigenvalue weighted by Gasteiger charge is 2.18. The van der Waals surface area contributed by atoms with Gasteiger partial charge in [0, 0.05) is 0 Å². The van der Waals surface area contributed by atoms with Crippen molar-refractivity contribution in [2.24, 2.45) is 0 Å². The summed E-state index contributed by atoms with van der Waals surface area (Å²) in [7, 11) is 0. The molecule has 2 aromatic rings. The predicted octanol–water partition coefficient (Wildman–Crippen LogP) is -0.104. The Morgan fingerprint density at radius 3 is 2.44 bits per heavy atom. The van der Waals surface area contributed by atoms with Crippen LogP contribution in [0.3, 0.4) is 0 Å². The van der Waals surface area contributed by atoms with Gasteiger partial charge in [0.15, 0.2) is 6.61 Å². The van der Waals surface area contributed by atoms with Crippen LogP contribution in [0.1, 0.15) is 0 Å². The summed E-state index contributed by atoms with van der Waals surface area (Å²) in [6.45, 7) is -1.43. The summed E-state index contributed by atoms with van der Waals surface area (Å²) in [6.07, 6.45) is 0. The first kappa shape index (κ1) is 18.2. The highest BCUT2D eigenvalue weighted by Crippen LogP contribution is 2.20. The van der Waals surface area contributed by atoms with Crippen LogP contribution in [-0.2, 0) is 14.4 Å². The second-order valence-corrected chi connectivity index (χ2v) is 5.22. The molecule has 132 valence electrons. The van der Waals surface area contributed by atoms with Gasteiger partial charge in [0.1, 0.15) is 11.8 Å². The van der Waals surface area contributed by atoms with Crippen molar-refractivity contribution in [2.45, 2.75) is 6.04 Å². The average Bonchev–Trinajstić information content (AvgIpc) is 2.62. The summed E-state index contributed by atoms with van der Waals surface area (Å²) >= 11 is 0. The lowest BCUT2D eigenvalue weighted by molar-refractivity contribution is -0.142. The molecule has 0 saturated heterocycles. The summed E-state index contributed by atoms with van der Waals surface area (Å²) in [5.74, 6) is -2.09. The quantitative estimate of drug-likeness (QED) is 0.529. The number of hydrogen-bond donors (Lipinski definition) is 4. The van der Waals surface area contributed by atoms with Gasteiger partial charge in [-0.25, -0.2) is 4.79 Å². The van der Waals surface area contributed by atoms with Crippen molar-refractivity contribution in [1.82, 2.24) is 10.6 Å². The third-order valence-electron chi connectivity index (χ3n) is 3.35. The van der Waals surface area contributed by atoms with Gasteiger partial charge in [0.25, 0.3) is 5.91 Å². The SMILES string of the molecule is O=C(COc1ccc2ccccc2c1)NCC(=O)N[C@@H](CO)C(=O)O. The van der Waals surface area contributed by atoms with E-state index in [1.807, 2.05) is 30.3 Å². The molecule has 8 heteroatoms. The molecule has 0 aliphatic carbocycles. The van der Waals surface area contributed by atoms with Crippen LogP contribution in [-0.4, -0.2) is 53.8 Å². The Labute approximate surface area is 143 Å². The molecule has 0 bridgehead atoms. The molecular formula is C17H18N2O6. The van der Waals surface area contributed by atoms with Gasteiger partial charge >= 0.3 is 5.97 Å². The third-order valence-corrected chi connectivity index (χ3v) is 3.35. The summed E-state index contributed by atoms with van der Waals surface area (Å²) in [4.78, 5) is 33.9. The normalized spacial score (nSPS) is 11.6. The predicted molar refractivity (Wildman–Crippen MR) is 89.1 cm³/mol. The average molecular weight is 346 g/mol. The van der Waals surface area contributed by atoms with Crippen molar-refractivity contribution in [3.63, 3.8) is 0 Å². The molecule has 0 aromatic heterocycles. The van der Waals surface area contributed by atoms with E-state index >= 15 is 0 Å². The van der Waals surface area contributed by atoms with Gasteiger partial charge in [-0.15, -0.1) is 0 Å². The molecule has 0 fully saturated rings. The topological polar surface area (TPSA) is 125 Å². The number of ether oxygens (including phenoxy) is 1. The van der Waals surface area contributed by atoms with Crippen molar-refractivity contribution < 1.29 is 29.3 Å². The number of fused-ring (bicyclic) bond motifs is 1. The lowest BCUT2D eigenvalue weighted by atomic mass is 10.1. The molecule has 25 heavy (non-hydrogen) atoms. The second-order valence-electron chi connectivity index (χ2n) is 5.22. The van der Waals surface area contributed by atoms with Crippen LogP contribution in [0.4, 0.5) is 0 Å². The number of aliphatic carboxylic acids is 1. The molecule has 0 unspecified atom stereocenters. The largest absolute Gasteiger partial charge is 0.484 e.